The molecule has 270 valence electrons. The third-order valence-corrected chi connectivity index (χ3v) is 9.35. The van der Waals surface area contributed by atoms with Gasteiger partial charge in [-0.15, -0.1) is 0 Å². The number of azide groups is 1. The maximum absolute atomic E-state index is 9.99. The molecule has 51 heavy (non-hydrogen) atoms. The highest BCUT2D eigenvalue weighted by Gasteiger charge is 2.54. The maximum atomic E-state index is 9.99. The van der Waals surface area contributed by atoms with E-state index in [0.717, 1.165) is 35.1 Å². The van der Waals surface area contributed by atoms with Crippen LogP contribution < -0.4 is 0 Å². The molecule has 0 aromatic heterocycles. The van der Waals surface area contributed by atoms with E-state index < -0.39 is 36.6 Å². The molecule has 1 saturated carbocycles. The second kappa shape index (κ2) is 22.0. The molecule has 1 aliphatic carbocycles. The molecule has 1 aliphatic rings. The first-order valence-corrected chi connectivity index (χ1v) is 18.5. The van der Waals surface area contributed by atoms with Crippen LogP contribution in [0.2, 0.25) is 0 Å². The van der Waals surface area contributed by atoms with Crippen LogP contribution in [-0.4, -0.2) is 43.2 Å². The maximum Gasteiger partial charge on any atom is 0.115 e. The van der Waals surface area contributed by atoms with E-state index in [1.165, 1.54) is 32.1 Å². The summed E-state index contributed by atoms with van der Waals surface area (Å²) in [5.41, 5.74) is 14.1. The zero-order valence-electron chi connectivity index (χ0n) is 29.9. The lowest BCUT2D eigenvalue weighted by Gasteiger charge is -2.49. The predicted octanol–water partition coefficient (Wildman–Crippen LogP) is 10.2. The SMILES string of the molecule is CCCCCCCCCO[C@@H]1[C@@H](N=[N+]=[N-])[C@H](OCc2ccccc2)[C@@H](OCc2ccccc2)[C@H](OCc2ccccc2)[C@H]1OCc1ccccc1. The number of unbranched alkanes of at least 4 members (excludes halogenated alkanes) is 6. The Morgan fingerprint density at radius 1 is 0.451 bits per heavy atom. The zero-order chi connectivity index (χ0) is 35.4. The molecular formula is C43H53N3O5. The fourth-order valence-corrected chi connectivity index (χ4v) is 6.63. The molecule has 0 spiro atoms. The topological polar surface area (TPSA) is 94.9 Å². The Morgan fingerprint density at radius 2 is 0.784 bits per heavy atom. The molecule has 1 fully saturated rings. The first-order chi connectivity index (χ1) is 25.3. The predicted molar refractivity (Wildman–Crippen MR) is 201 cm³/mol. The van der Waals surface area contributed by atoms with Gasteiger partial charge in [-0.1, -0.05) is 172 Å². The van der Waals surface area contributed by atoms with Crippen LogP contribution in [0.1, 0.15) is 74.1 Å². The van der Waals surface area contributed by atoms with Crippen molar-refractivity contribution in [2.75, 3.05) is 6.61 Å². The number of hydrogen-bond acceptors (Lipinski definition) is 6. The standard InChI is InChI=1S/C43H53N3O5/c1-2-3-4-5-6-7-20-29-47-39-38(45-46-44)40(48-30-34-21-12-8-13-22-34)42(50-32-36-25-16-10-17-26-36)43(51-33-37-27-18-11-19-28-37)41(39)49-31-35-23-14-9-15-24-35/h8-19,21-28,38-43H,2-7,20,29-33H2,1H3/t38-,39-,40+,41+,42-,43-/m1/s1. The van der Waals surface area contributed by atoms with Gasteiger partial charge in [-0.3, -0.25) is 0 Å². The van der Waals surface area contributed by atoms with Crippen LogP contribution in [0.4, 0.5) is 0 Å². The van der Waals surface area contributed by atoms with Crippen molar-refractivity contribution in [2.45, 2.75) is 115 Å². The number of nitrogens with zero attached hydrogens (tertiary/aromatic N) is 3. The van der Waals surface area contributed by atoms with E-state index in [1.54, 1.807) is 0 Å². The minimum absolute atomic E-state index is 0.305. The number of benzene rings is 4. The molecule has 0 bridgehead atoms. The Kier molecular flexibility index (Phi) is 16.5. The largest absolute Gasteiger partial charge is 0.375 e. The van der Waals surface area contributed by atoms with Crippen molar-refractivity contribution in [1.29, 1.82) is 0 Å². The molecule has 5 rings (SSSR count). The lowest BCUT2D eigenvalue weighted by atomic mass is 9.82. The molecule has 0 saturated heterocycles. The van der Waals surface area contributed by atoms with Gasteiger partial charge in [0.2, 0.25) is 0 Å². The van der Waals surface area contributed by atoms with Gasteiger partial charge in [0.25, 0.3) is 0 Å². The Labute approximate surface area is 303 Å². The van der Waals surface area contributed by atoms with Crippen LogP contribution in [0.3, 0.4) is 0 Å². The number of rotatable bonds is 22. The second-order valence-electron chi connectivity index (χ2n) is 13.2. The first kappa shape index (κ1) is 38.2. The molecule has 0 N–H and O–H groups in total. The van der Waals surface area contributed by atoms with Crippen molar-refractivity contribution >= 4 is 0 Å². The van der Waals surface area contributed by atoms with E-state index >= 15 is 0 Å². The molecule has 4 aromatic carbocycles. The van der Waals surface area contributed by atoms with Crippen molar-refractivity contribution < 1.29 is 23.7 Å². The minimum Gasteiger partial charge on any atom is -0.375 e. The van der Waals surface area contributed by atoms with Crippen molar-refractivity contribution in [3.05, 3.63) is 154 Å². The molecular weight excluding hydrogens is 638 g/mol. The third-order valence-electron chi connectivity index (χ3n) is 9.35. The number of ether oxygens (including phenoxy) is 5. The van der Waals surface area contributed by atoms with Crippen molar-refractivity contribution in [2.24, 2.45) is 5.11 Å². The number of hydrogen-bond donors (Lipinski definition) is 0. The Bertz CT molecular complexity index is 1540. The smallest absolute Gasteiger partial charge is 0.115 e. The fourth-order valence-electron chi connectivity index (χ4n) is 6.63. The van der Waals surface area contributed by atoms with Gasteiger partial charge in [0.1, 0.15) is 18.3 Å². The van der Waals surface area contributed by atoms with Crippen LogP contribution in [0.25, 0.3) is 10.4 Å². The summed E-state index contributed by atoms with van der Waals surface area (Å²) in [7, 11) is 0. The molecule has 0 amide bonds. The molecule has 0 heterocycles. The van der Waals surface area contributed by atoms with Crippen LogP contribution in [0, 0.1) is 0 Å². The van der Waals surface area contributed by atoms with E-state index in [4.69, 9.17) is 23.7 Å². The van der Waals surface area contributed by atoms with Gasteiger partial charge in [0.05, 0.1) is 44.7 Å². The monoisotopic (exact) mass is 691 g/mol. The summed E-state index contributed by atoms with van der Waals surface area (Å²) >= 11 is 0. The van der Waals surface area contributed by atoms with Crippen LogP contribution in [0.15, 0.2) is 126 Å². The highest BCUT2D eigenvalue weighted by atomic mass is 16.6. The molecule has 8 heteroatoms. The van der Waals surface area contributed by atoms with Gasteiger partial charge in [-0.2, -0.15) is 0 Å². The van der Waals surface area contributed by atoms with Gasteiger partial charge >= 0.3 is 0 Å². The summed E-state index contributed by atoms with van der Waals surface area (Å²) in [4.78, 5) is 3.34. The summed E-state index contributed by atoms with van der Waals surface area (Å²) in [5.74, 6) is 0. The summed E-state index contributed by atoms with van der Waals surface area (Å²) in [6, 6.07) is 39.5. The first-order valence-electron chi connectivity index (χ1n) is 18.5. The summed E-state index contributed by atoms with van der Waals surface area (Å²) in [6.45, 7) is 4.04. The molecule has 4 aromatic rings. The van der Waals surface area contributed by atoms with Gasteiger partial charge < -0.3 is 23.7 Å². The van der Waals surface area contributed by atoms with Crippen LogP contribution >= 0.6 is 0 Å². The summed E-state index contributed by atoms with van der Waals surface area (Å²) < 4.78 is 33.9. The average molecular weight is 692 g/mol. The lowest BCUT2D eigenvalue weighted by molar-refractivity contribution is -0.254. The normalized spacial score (nSPS) is 21.6. The van der Waals surface area contributed by atoms with Gasteiger partial charge in [-0.05, 0) is 34.2 Å². The fraction of sp³-hybridized carbons (Fsp3) is 0.442. The van der Waals surface area contributed by atoms with Gasteiger partial charge in [0, 0.05) is 11.5 Å². The van der Waals surface area contributed by atoms with Gasteiger partial charge in [0.15, 0.2) is 0 Å². The summed E-state index contributed by atoms with van der Waals surface area (Å²) in [6.07, 6.45) is 4.95. The van der Waals surface area contributed by atoms with E-state index in [0.29, 0.717) is 33.0 Å². The minimum atomic E-state index is -0.735. The Morgan fingerprint density at radius 3 is 1.18 bits per heavy atom. The van der Waals surface area contributed by atoms with Crippen LogP contribution in [0.5, 0.6) is 0 Å². The second-order valence-corrected chi connectivity index (χ2v) is 13.2. The highest BCUT2D eigenvalue weighted by molar-refractivity contribution is 5.18. The quantitative estimate of drug-likeness (QED) is 0.0354. The van der Waals surface area contributed by atoms with Gasteiger partial charge in [-0.25, -0.2) is 0 Å². The molecule has 0 aliphatic heterocycles. The van der Waals surface area contributed by atoms with E-state index in [9.17, 15) is 5.53 Å². The van der Waals surface area contributed by atoms with Crippen LogP contribution in [-0.2, 0) is 50.1 Å². The molecule has 0 unspecified atom stereocenters. The van der Waals surface area contributed by atoms with E-state index in [2.05, 4.69) is 16.9 Å². The van der Waals surface area contributed by atoms with Crippen molar-refractivity contribution in [1.82, 2.24) is 0 Å². The third kappa shape index (κ3) is 12.3. The Hall–Kier alpha value is -4.01. The average Bonchev–Trinajstić information content (AvgIpc) is 3.18. The van der Waals surface area contributed by atoms with E-state index in [1.807, 2.05) is 121 Å². The molecule has 6 atom stereocenters. The molecule has 0 radical (unpaired) electrons. The molecule has 8 nitrogen and oxygen atoms in total. The van der Waals surface area contributed by atoms with Crippen molar-refractivity contribution in [3.8, 4) is 0 Å². The zero-order valence-corrected chi connectivity index (χ0v) is 29.9. The summed E-state index contributed by atoms with van der Waals surface area (Å²) in [5, 5.41) is 4.39. The Balaban J connectivity index is 1.48. The van der Waals surface area contributed by atoms with Crippen molar-refractivity contribution in [3.63, 3.8) is 0 Å². The lowest BCUT2D eigenvalue weighted by Crippen LogP contribution is -2.66. The highest BCUT2D eigenvalue weighted by Crippen LogP contribution is 2.36. The van der Waals surface area contributed by atoms with E-state index in [-0.39, 0.29) is 0 Å².